The molecule has 1 aliphatic rings. The molecule has 0 fully saturated rings. The molecule has 0 saturated carbocycles. The van der Waals surface area contributed by atoms with Crippen LogP contribution in [0.3, 0.4) is 0 Å². The maximum Gasteiger partial charge on any atom is 0.191 e. The van der Waals surface area contributed by atoms with Crippen LogP contribution in [0.4, 0.5) is 0 Å². The van der Waals surface area contributed by atoms with Crippen LogP contribution in [0.1, 0.15) is 35.3 Å². The highest BCUT2D eigenvalue weighted by molar-refractivity contribution is 7.10. The molecule has 0 bridgehead atoms. The van der Waals surface area contributed by atoms with Crippen molar-refractivity contribution >= 4 is 17.3 Å². The summed E-state index contributed by atoms with van der Waals surface area (Å²) >= 11 is 1.77. The number of para-hydroxylation sites is 1. The molecule has 1 unspecified atom stereocenters. The Balaban J connectivity index is 1.63. The number of aliphatic imine (C=N–C) groups is 1. The minimum Gasteiger partial charge on any atom is -0.493 e. The predicted molar refractivity (Wildman–Crippen MR) is 101 cm³/mol. The van der Waals surface area contributed by atoms with Gasteiger partial charge in [0.15, 0.2) is 5.96 Å². The van der Waals surface area contributed by atoms with Crippen LogP contribution in [-0.4, -0.2) is 25.7 Å². The molecule has 1 atom stereocenters. The number of hydrogen-bond acceptors (Lipinski definition) is 3. The van der Waals surface area contributed by atoms with Gasteiger partial charge in [-0.05, 0) is 48.9 Å². The van der Waals surface area contributed by atoms with Crippen LogP contribution in [-0.2, 0) is 6.54 Å². The predicted octanol–water partition coefficient (Wildman–Crippen LogP) is 3.68. The number of nitrogens with one attached hydrogen (secondary N) is 2. The molecule has 0 aliphatic carbocycles. The molecule has 1 aromatic heterocycles. The molecule has 0 amide bonds. The van der Waals surface area contributed by atoms with E-state index in [-0.39, 0.29) is 0 Å². The van der Waals surface area contributed by atoms with Crippen molar-refractivity contribution < 1.29 is 4.74 Å². The minimum absolute atomic E-state index is 0.460. The molecule has 1 aliphatic heterocycles. The number of ether oxygens (including phenoxy) is 1. The lowest BCUT2D eigenvalue weighted by molar-refractivity contribution is 0.267. The van der Waals surface area contributed by atoms with Crippen molar-refractivity contribution in [2.24, 2.45) is 4.99 Å². The number of benzene rings is 1. The molecule has 24 heavy (non-hydrogen) atoms. The summed E-state index contributed by atoms with van der Waals surface area (Å²) in [4.78, 5) is 6.05. The van der Waals surface area contributed by atoms with Crippen molar-refractivity contribution in [2.75, 3.05) is 19.7 Å². The second kappa shape index (κ2) is 8.20. The van der Waals surface area contributed by atoms with Gasteiger partial charge >= 0.3 is 0 Å². The summed E-state index contributed by atoms with van der Waals surface area (Å²) in [7, 11) is 0. The van der Waals surface area contributed by atoms with Crippen LogP contribution in [0.15, 0.2) is 40.7 Å². The van der Waals surface area contributed by atoms with Gasteiger partial charge in [-0.3, -0.25) is 0 Å². The van der Waals surface area contributed by atoms with Crippen LogP contribution < -0.4 is 15.4 Å². The largest absolute Gasteiger partial charge is 0.493 e. The van der Waals surface area contributed by atoms with Crippen molar-refractivity contribution in [1.82, 2.24) is 10.6 Å². The molecule has 2 heterocycles. The summed E-state index contributed by atoms with van der Waals surface area (Å²) in [5.74, 6) is 2.36. The number of fused-ring (bicyclic) bond motifs is 1. The number of thiophene rings is 1. The second-order valence-corrected chi connectivity index (χ2v) is 6.98. The van der Waals surface area contributed by atoms with Gasteiger partial charge < -0.3 is 15.4 Å². The Morgan fingerprint density at radius 3 is 2.96 bits per heavy atom. The van der Waals surface area contributed by atoms with E-state index in [0.29, 0.717) is 5.92 Å². The average Bonchev–Trinajstić information content (AvgIpc) is 3.02. The van der Waals surface area contributed by atoms with Crippen molar-refractivity contribution in [1.29, 1.82) is 0 Å². The summed E-state index contributed by atoms with van der Waals surface area (Å²) in [6.45, 7) is 7.47. The van der Waals surface area contributed by atoms with E-state index in [1.807, 2.05) is 6.07 Å². The summed E-state index contributed by atoms with van der Waals surface area (Å²) < 4.78 is 5.75. The molecular formula is C19H25N3OS. The SMILES string of the molecule is CCNC(=NCc1sccc1C)NCC1CCOc2ccccc21. The van der Waals surface area contributed by atoms with E-state index in [1.165, 1.54) is 16.0 Å². The Morgan fingerprint density at radius 2 is 2.17 bits per heavy atom. The second-order valence-electron chi connectivity index (χ2n) is 5.97. The zero-order valence-electron chi connectivity index (χ0n) is 14.3. The summed E-state index contributed by atoms with van der Waals surface area (Å²) in [6.07, 6.45) is 1.04. The third kappa shape index (κ3) is 4.09. The lowest BCUT2D eigenvalue weighted by atomic mass is 9.93. The Morgan fingerprint density at radius 1 is 1.29 bits per heavy atom. The van der Waals surface area contributed by atoms with E-state index in [4.69, 9.17) is 9.73 Å². The number of guanidine groups is 1. The van der Waals surface area contributed by atoms with Crippen molar-refractivity contribution in [2.45, 2.75) is 32.7 Å². The molecule has 2 N–H and O–H groups in total. The quantitative estimate of drug-likeness (QED) is 0.643. The van der Waals surface area contributed by atoms with Crippen LogP contribution in [0.25, 0.3) is 0 Å². The fraction of sp³-hybridized carbons (Fsp3) is 0.421. The van der Waals surface area contributed by atoms with Gasteiger partial charge in [-0.1, -0.05) is 18.2 Å². The normalized spacial score (nSPS) is 17.1. The molecule has 3 rings (SSSR count). The lowest BCUT2D eigenvalue weighted by Crippen LogP contribution is -2.40. The van der Waals surface area contributed by atoms with Gasteiger partial charge in [0, 0.05) is 23.9 Å². The van der Waals surface area contributed by atoms with Crippen molar-refractivity contribution in [3.8, 4) is 5.75 Å². The Labute approximate surface area is 148 Å². The Hall–Kier alpha value is -2.01. The standard InChI is InChI=1S/C19H25N3OS/c1-3-20-19(22-13-18-14(2)9-11-24-18)21-12-15-8-10-23-17-7-5-4-6-16(15)17/h4-7,9,11,15H,3,8,10,12-13H2,1-2H3,(H2,20,21,22). The van der Waals surface area contributed by atoms with Crippen LogP contribution in [0.2, 0.25) is 0 Å². The number of hydrogen-bond donors (Lipinski definition) is 2. The summed E-state index contributed by atoms with van der Waals surface area (Å²) in [5.41, 5.74) is 2.61. The number of nitrogens with zero attached hydrogens (tertiary/aromatic N) is 1. The Kier molecular flexibility index (Phi) is 5.75. The molecule has 1 aromatic carbocycles. The molecule has 0 spiro atoms. The Bertz CT molecular complexity index is 695. The topological polar surface area (TPSA) is 45.7 Å². The van der Waals surface area contributed by atoms with Gasteiger partial charge in [0.25, 0.3) is 0 Å². The van der Waals surface area contributed by atoms with Crippen LogP contribution >= 0.6 is 11.3 Å². The van der Waals surface area contributed by atoms with Gasteiger partial charge in [-0.25, -0.2) is 4.99 Å². The van der Waals surface area contributed by atoms with Crippen LogP contribution in [0, 0.1) is 6.92 Å². The van der Waals surface area contributed by atoms with E-state index in [0.717, 1.165) is 44.4 Å². The van der Waals surface area contributed by atoms with Crippen LogP contribution in [0.5, 0.6) is 5.75 Å². The van der Waals surface area contributed by atoms with Gasteiger partial charge in [-0.15, -0.1) is 11.3 Å². The highest BCUT2D eigenvalue weighted by atomic mass is 32.1. The van der Waals surface area contributed by atoms with E-state index < -0.39 is 0 Å². The van der Waals surface area contributed by atoms with Gasteiger partial charge in [0.2, 0.25) is 0 Å². The fourth-order valence-corrected chi connectivity index (χ4v) is 3.74. The molecule has 0 radical (unpaired) electrons. The van der Waals surface area contributed by atoms with E-state index in [2.05, 4.69) is 54.1 Å². The van der Waals surface area contributed by atoms with Crippen molar-refractivity contribution in [3.63, 3.8) is 0 Å². The summed E-state index contributed by atoms with van der Waals surface area (Å²) in [5, 5.41) is 8.97. The van der Waals surface area contributed by atoms with E-state index in [1.54, 1.807) is 11.3 Å². The van der Waals surface area contributed by atoms with Gasteiger partial charge in [0.1, 0.15) is 5.75 Å². The maximum atomic E-state index is 5.75. The smallest absolute Gasteiger partial charge is 0.191 e. The van der Waals surface area contributed by atoms with Gasteiger partial charge in [0.05, 0.1) is 13.2 Å². The lowest BCUT2D eigenvalue weighted by Gasteiger charge is -2.26. The first-order chi connectivity index (χ1) is 11.8. The zero-order valence-corrected chi connectivity index (χ0v) is 15.2. The first-order valence-corrected chi connectivity index (χ1v) is 9.42. The molecule has 0 saturated heterocycles. The molecular weight excluding hydrogens is 318 g/mol. The highest BCUT2D eigenvalue weighted by Gasteiger charge is 2.21. The maximum absolute atomic E-state index is 5.75. The zero-order chi connectivity index (χ0) is 16.8. The van der Waals surface area contributed by atoms with Gasteiger partial charge in [-0.2, -0.15) is 0 Å². The summed E-state index contributed by atoms with van der Waals surface area (Å²) in [6, 6.07) is 10.5. The molecule has 5 heteroatoms. The van der Waals surface area contributed by atoms with Crippen molar-refractivity contribution in [3.05, 3.63) is 51.7 Å². The number of rotatable bonds is 5. The number of aryl methyl sites for hydroxylation is 1. The monoisotopic (exact) mass is 343 g/mol. The minimum atomic E-state index is 0.460. The third-order valence-electron chi connectivity index (χ3n) is 4.29. The average molecular weight is 343 g/mol. The molecule has 128 valence electrons. The first kappa shape index (κ1) is 16.8. The first-order valence-electron chi connectivity index (χ1n) is 8.54. The fourth-order valence-electron chi connectivity index (χ4n) is 2.91. The third-order valence-corrected chi connectivity index (χ3v) is 5.30. The van der Waals surface area contributed by atoms with E-state index >= 15 is 0 Å². The van der Waals surface area contributed by atoms with E-state index in [9.17, 15) is 0 Å². The molecule has 2 aromatic rings. The molecule has 4 nitrogen and oxygen atoms in total. The highest BCUT2D eigenvalue weighted by Crippen LogP contribution is 2.32.